The molecule has 2 heterocycles. The summed E-state index contributed by atoms with van der Waals surface area (Å²) in [4.78, 5) is 30.7. The van der Waals surface area contributed by atoms with E-state index in [2.05, 4.69) is 54.9 Å². The second kappa shape index (κ2) is 17.8. The minimum absolute atomic E-state index is 0.244. The van der Waals surface area contributed by atoms with Crippen molar-refractivity contribution in [2.24, 2.45) is 5.92 Å². The predicted octanol–water partition coefficient (Wildman–Crippen LogP) is 4.34. The van der Waals surface area contributed by atoms with Gasteiger partial charge in [-0.15, -0.1) is 0 Å². The highest BCUT2D eigenvalue weighted by molar-refractivity contribution is 5.78. The van der Waals surface area contributed by atoms with E-state index in [1.165, 1.54) is 6.08 Å². The Bertz CT molecular complexity index is 932. The van der Waals surface area contributed by atoms with Crippen molar-refractivity contribution in [1.29, 1.82) is 0 Å². The Labute approximate surface area is 242 Å². The number of aldehydes is 1. The van der Waals surface area contributed by atoms with Gasteiger partial charge in [0.25, 0.3) is 0 Å². The Morgan fingerprint density at radius 1 is 1.05 bits per heavy atom. The van der Waals surface area contributed by atoms with Crippen molar-refractivity contribution in [3.05, 3.63) is 60.3 Å². The number of allylic oxidation sites excluding steroid dienone is 6. The highest BCUT2D eigenvalue weighted by Crippen LogP contribution is 2.28. The zero-order valence-electron chi connectivity index (χ0n) is 25.8. The second-order valence-electron chi connectivity index (χ2n) is 11.8. The Hall–Kier alpha value is -2.84. The lowest BCUT2D eigenvalue weighted by Crippen LogP contribution is -2.44. The Morgan fingerprint density at radius 2 is 1.80 bits per heavy atom. The molecule has 1 amide bonds. The summed E-state index contributed by atoms with van der Waals surface area (Å²) < 4.78 is 11.9. The number of quaternary nitrogens is 1. The van der Waals surface area contributed by atoms with E-state index >= 15 is 0 Å². The first-order valence-electron chi connectivity index (χ1n) is 14.8. The molecule has 2 atom stereocenters. The van der Waals surface area contributed by atoms with E-state index in [1.54, 1.807) is 6.08 Å². The Morgan fingerprint density at radius 3 is 2.50 bits per heavy atom. The average Bonchev–Trinajstić information content (AvgIpc) is 3.52. The lowest BCUT2D eigenvalue weighted by atomic mass is 10.0. The van der Waals surface area contributed by atoms with Crippen LogP contribution in [0.15, 0.2) is 60.3 Å². The summed E-state index contributed by atoms with van der Waals surface area (Å²) in [6.45, 7) is 9.29. The molecule has 2 rings (SSSR count). The van der Waals surface area contributed by atoms with Gasteiger partial charge < -0.3 is 23.8 Å². The van der Waals surface area contributed by atoms with Crippen molar-refractivity contribution in [2.45, 2.75) is 52.0 Å². The molecule has 0 aromatic heterocycles. The van der Waals surface area contributed by atoms with Crippen LogP contribution in [0.25, 0.3) is 0 Å². The third-order valence-corrected chi connectivity index (χ3v) is 7.31. The highest BCUT2D eigenvalue weighted by atomic mass is 16.7. The number of hydrogen-bond donors (Lipinski definition) is 0. The number of hydrogen-bond acceptors (Lipinski definition) is 6. The van der Waals surface area contributed by atoms with Gasteiger partial charge in [-0.2, -0.15) is 0 Å². The molecule has 0 saturated carbocycles. The fourth-order valence-corrected chi connectivity index (χ4v) is 5.06. The first-order valence-corrected chi connectivity index (χ1v) is 14.8. The van der Waals surface area contributed by atoms with Crippen molar-refractivity contribution in [3.63, 3.8) is 0 Å². The number of carbonyl (C=O) groups is 2. The van der Waals surface area contributed by atoms with Gasteiger partial charge in [0.2, 0.25) is 12.7 Å². The zero-order valence-corrected chi connectivity index (χ0v) is 25.8. The summed E-state index contributed by atoms with van der Waals surface area (Å²) in [5.74, 6) is 2.15. The first kappa shape index (κ1) is 33.4. The molecule has 0 aromatic carbocycles. The smallest absolute Gasteiger partial charge is 0.236 e. The molecule has 2 unspecified atom stereocenters. The van der Waals surface area contributed by atoms with Crippen LogP contribution in [0, 0.1) is 5.92 Å². The number of rotatable bonds is 17. The van der Waals surface area contributed by atoms with Gasteiger partial charge in [-0.05, 0) is 62.6 Å². The first-order chi connectivity index (χ1) is 19.2. The number of amides is 1. The van der Waals surface area contributed by atoms with Gasteiger partial charge in [0.15, 0.2) is 11.5 Å². The van der Waals surface area contributed by atoms with E-state index in [0.29, 0.717) is 18.5 Å². The minimum atomic E-state index is 0.244. The van der Waals surface area contributed by atoms with Crippen LogP contribution in [0.3, 0.4) is 0 Å². The lowest BCUT2D eigenvalue weighted by molar-refractivity contribution is -0.870. The standard InChI is InChI=1S/C32H53N4O4/c1-7-9-19-34(20-14-22-36(4,5)6)32(38)26-35-25-28(15-13-16-31-30(8-2)39-27-40-31)24-29(35)17-21-33(3)18-11-10-12-23-37/h8,10-13,15-16,18,23,28-29H,7,9,14,17,19-22,24-27H2,1-6H3/q+1/b12-10-,15-13+,18-11-,30-8+,31-16+. The maximum atomic E-state index is 13.6. The van der Waals surface area contributed by atoms with Crippen LogP contribution in [0.2, 0.25) is 0 Å². The van der Waals surface area contributed by atoms with E-state index in [4.69, 9.17) is 9.47 Å². The van der Waals surface area contributed by atoms with Gasteiger partial charge in [0.05, 0.1) is 34.2 Å². The topological polar surface area (TPSA) is 62.3 Å². The molecule has 8 heteroatoms. The van der Waals surface area contributed by atoms with E-state index in [-0.39, 0.29) is 12.7 Å². The molecule has 8 nitrogen and oxygen atoms in total. The van der Waals surface area contributed by atoms with Gasteiger partial charge in [-0.1, -0.05) is 31.6 Å². The SMILES string of the molecule is C/C=C1/OCO/C1=C/C=C/C1CC(CCN(C)/C=C\C=C/C=O)N(CC(=O)N(CCCC)CCC[N+](C)(C)C)C1. The molecular formula is C32H53N4O4+. The molecule has 2 aliphatic heterocycles. The van der Waals surface area contributed by atoms with Gasteiger partial charge in [0.1, 0.15) is 6.29 Å². The summed E-state index contributed by atoms with van der Waals surface area (Å²) in [6.07, 6.45) is 21.1. The van der Waals surface area contributed by atoms with E-state index < -0.39 is 0 Å². The van der Waals surface area contributed by atoms with Gasteiger partial charge >= 0.3 is 0 Å². The summed E-state index contributed by atoms with van der Waals surface area (Å²) >= 11 is 0. The molecule has 2 fully saturated rings. The predicted molar refractivity (Wildman–Crippen MR) is 162 cm³/mol. The summed E-state index contributed by atoms with van der Waals surface area (Å²) in [5.41, 5.74) is 0. The second-order valence-corrected chi connectivity index (χ2v) is 11.8. The third kappa shape index (κ3) is 12.6. The van der Waals surface area contributed by atoms with Crippen molar-refractivity contribution in [1.82, 2.24) is 14.7 Å². The minimum Gasteiger partial charge on any atom is -0.454 e. The van der Waals surface area contributed by atoms with Crippen LogP contribution in [-0.4, -0.2) is 112 Å². The number of likely N-dealkylation sites (tertiary alicyclic amines) is 1. The highest BCUT2D eigenvalue weighted by Gasteiger charge is 2.32. The van der Waals surface area contributed by atoms with Crippen molar-refractivity contribution in [2.75, 3.05) is 74.3 Å². The molecule has 40 heavy (non-hydrogen) atoms. The Balaban J connectivity index is 2.08. The van der Waals surface area contributed by atoms with Crippen LogP contribution in [-0.2, 0) is 19.1 Å². The summed E-state index contributed by atoms with van der Waals surface area (Å²) in [6, 6.07) is 0.323. The van der Waals surface area contributed by atoms with E-state index in [9.17, 15) is 9.59 Å². The average molecular weight is 558 g/mol. The summed E-state index contributed by atoms with van der Waals surface area (Å²) in [5, 5.41) is 0. The van der Waals surface area contributed by atoms with Crippen LogP contribution in [0.5, 0.6) is 0 Å². The van der Waals surface area contributed by atoms with Crippen molar-refractivity contribution in [3.8, 4) is 0 Å². The summed E-state index contributed by atoms with van der Waals surface area (Å²) in [7, 11) is 8.65. The maximum absolute atomic E-state index is 13.6. The maximum Gasteiger partial charge on any atom is 0.236 e. The molecule has 0 bridgehead atoms. The fourth-order valence-electron chi connectivity index (χ4n) is 5.06. The van der Waals surface area contributed by atoms with Gasteiger partial charge in [0, 0.05) is 45.7 Å². The molecule has 2 aliphatic rings. The largest absolute Gasteiger partial charge is 0.454 e. The monoisotopic (exact) mass is 557 g/mol. The molecule has 0 radical (unpaired) electrons. The number of unbranched alkanes of at least 4 members (excludes halogenated alkanes) is 1. The molecule has 0 aliphatic carbocycles. The molecule has 2 saturated heterocycles. The van der Waals surface area contributed by atoms with Crippen LogP contribution in [0.1, 0.15) is 46.0 Å². The zero-order chi connectivity index (χ0) is 29.4. The molecule has 0 N–H and O–H groups in total. The van der Waals surface area contributed by atoms with Crippen molar-refractivity contribution < 1.29 is 23.5 Å². The van der Waals surface area contributed by atoms with Crippen LogP contribution in [0.4, 0.5) is 0 Å². The third-order valence-electron chi connectivity index (χ3n) is 7.31. The number of carbonyl (C=O) groups excluding carboxylic acids is 2. The van der Waals surface area contributed by atoms with E-state index in [1.807, 2.05) is 38.4 Å². The number of ether oxygens (including phenoxy) is 2. The van der Waals surface area contributed by atoms with Gasteiger partial charge in [-0.3, -0.25) is 14.5 Å². The molecule has 0 spiro atoms. The molecular weight excluding hydrogens is 504 g/mol. The Kier molecular flexibility index (Phi) is 14.8. The molecule has 224 valence electrons. The van der Waals surface area contributed by atoms with Gasteiger partial charge in [-0.25, -0.2) is 0 Å². The quantitative estimate of drug-likeness (QED) is 0.115. The number of nitrogens with zero attached hydrogens (tertiary/aromatic N) is 4. The lowest BCUT2D eigenvalue weighted by Gasteiger charge is -2.30. The molecule has 0 aromatic rings. The van der Waals surface area contributed by atoms with E-state index in [0.717, 1.165) is 87.1 Å². The van der Waals surface area contributed by atoms with Crippen LogP contribution < -0.4 is 0 Å². The van der Waals surface area contributed by atoms with Crippen LogP contribution >= 0.6 is 0 Å². The fraction of sp³-hybridized carbons (Fsp3) is 0.625. The normalized spacial score (nSPS) is 22.1. The van der Waals surface area contributed by atoms with Crippen molar-refractivity contribution >= 4 is 12.2 Å².